The summed E-state index contributed by atoms with van der Waals surface area (Å²) in [7, 11) is 0. The molecule has 1 saturated heterocycles. The Hall–Kier alpha value is -2.08. The fourth-order valence-corrected chi connectivity index (χ4v) is 4.63. The van der Waals surface area contributed by atoms with E-state index in [1.807, 2.05) is 24.3 Å². The van der Waals surface area contributed by atoms with Crippen LogP contribution in [0, 0.1) is 0 Å². The van der Waals surface area contributed by atoms with Gasteiger partial charge in [0.15, 0.2) is 6.04 Å². The maximum atomic E-state index is 14.6. The molecule has 1 amide bonds. The number of alkyl halides is 3. The molecule has 2 aromatic carbocycles. The summed E-state index contributed by atoms with van der Waals surface area (Å²) in [6, 6.07) is 9.08. The number of nitrogens with one attached hydrogen (secondary N) is 1. The molecule has 1 N–H and O–H groups in total. The highest BCUT2D eigenvalue weighted by Gasteiger charge is 2.53. The number of hydrogen-bond acceptors (Lipinski definition) is 2. The Bertz CT molecular complexity index is 907. The van der Waals surface area contributed by atoms with Gasteiger partial charge in [-0.15, -0.1) is 0 Å². The van der Waals surface area contributed by atoms with Gasteiger partial charge in [-0.05, 0) is 48.6 Å². The molecule has 170 valence electrons. The number of carbonyl (C=O) groups excluding carboxylic acids is 1. The van der Waals surface area contributed by atoms with Gasteiger partial charge in [-0.1, -0.05) is 75.4 Å². The van der Waals surface area contributed by atoms with Gasteiger partial charge in [-0.25, -0.2) is 0 Å². The molecule has 0 radical (unpaired) electrons. The average Bonchev–Trinajstić information content (AvgIpc) is 2.96. The number of halogens is 3. The number of nitrogens with zero attached hydrogens (tertiary/aromatic N) is 1. The van der Waals surface area contributed by atoms with E-state index in [0.717, 1.165) is 29.7 Å². The van der Waals surface area contributed by atoms with E-state index in [1.54, 1.807) is 26.0 Å². The van der Waals surface area contributed by atoms with E-state index >= 15 is 0 Å². The molecule has 6 heteroatoms. The van der Waals surface area contributed by atoms with Crippen LogP contribution < -0.4 is 5.43 Å². The van der Waals surface area contributed by atoms with Crippen molar-refractivity contribution in [2.24, 2.45) is 0 Å². The van der Waals surface area contributed by atoms with E-state index in [9.17, 15) is 18.0 Å². The molecule has 0 aliphatic carbocycles. The molecule has 0 spiro atoms. The number of hydrogen-bond donors (Lipinski definition) is 1. The second kappa shape index (κ2) is 9.60. The van der Waals surface area contributed by atoms with Gasteiger partial charge in [0, 0.05) is 12.0 Å². The summed E-state index contributed by atoms with van der Waals surface area (Å²) in [4.78, 5) is 12.1. The highest BCUT2D eigenvalue weighted by Crippen LogP contribution is 2.46. The Kier molecular flexibility index (Phi) is 7.30. The van der Waals surface area contributed by atoms with Crippen molar-refractivity contribution in [1.29, 1.82) is 0 Å². The van der Waals surface area contributed by atoms with Crippen molar-refractivity contribution >= 4 is 16.7 Å². The van der Waals surface area contributed by atoms with Crippen LogP contribution in [-0.2, 0) is 11.2 Å². The van der Waals surface area contributed by atoms with Crippen LogP contribution in [0.15, 0.2) is 36.4 Å². The predicted octanol–water partition coefficient (Wildman–Crippen LogP) is 6.86. The van der Waals surface area contributed by atoms with Crippen LogP contribution in [0.4, 0.5) is 13.2 Å². The topological polar surface area (TPSA) is 32.3 Å². The van der Waals surface area contributed by atoms with Crippen molar-refractivity contribution in [3.8, 4) is 0 Å². The standard InChI is InChI=1S/C25H33F3N2O/c1-4-5-6-7-8-9-13-19-16-15-18-12-10-11-14-20(18)22(19)23(25(26,27)28)30-24(2,3)17-21(31)29-30/h10-12,14-16,23H,4-9,13,17H2,1-3H3,(H,29,31). The summed E-state index contributed by atoms with van der Waals surface area (Å²) >= 11 is 0. The molecule has 3 nitrogen and oxygen atoms in total. The zero-order valence-corrected chi connectivity index (χ0v) is 18.7. The largest absolute Gasteiger partial charge is 0.409 e. The summed E-state index contributed by atoms with van der Waals surface area (Å²) in [5.41, 5.74) is 2.56. The van der Waals surface area contributed by atoms with Gasteiger partial charge in [-0.3, -0.25) is 10.2 Å². The van der Waals surface area contributed by atoms with Crippen molar-refractivity contribution < 1.29 is 18.0 Å². The first-order valence-electron chi connectivity index (χ1n) is 11.3. The van der Waals surface area contributed by atoms with Gasteiger partial charge in [0.1, 0.15) is 0 Å². The second-order valence-corrected chi connectivity index (χ2v) is 9.22. The second-order valence-electron chi connectivity index (χ2n) is 9.22. The third-order valence-corrected chi connectivity index (χ3v) is 6.19. The number of hydrazine groups is 1. The SMILES string of the molecule is CCCCCCCCc1ccc2ccccc2c1C(N1NC(=O)CC1(C)C)C(F)(F)F. The molecule has 0 aromatic heterocycles. The van der Waals surface area contributed by atoms with E-state index in [0.29, 0.717) is 17.4 Å². The van der Waals surface area contributed by atoms with Crippen LogP contribution in [0.25, 0.3) is 10.8 Å². The third kappa shape index (κ3) is 5.40. The van der Waals surface area contributed by atoms with E-state index in [4.69, 9.17) is 0 Å². The minimum Gasteiger partial charge on any atom is -0.287 e. The first-order valence-corrected chi connectivity index (χ1v) is 11.3. The first kappa shape index (κ1) is 23.6. The molecule has 3 rings (SSSR count). The third-order valence-electron chi connectivity index (χ3n) is 6.19. The summed E-state index contributed by atoms with van der Waals surface area (Å²) in [6.45, 7) is 5.53. The number of fused-ring (bicyclic) bond motifs is 1. The van der Waals surface area contributed by atoms with Crippen LogP contribution in [0.3, 0.4) is 0 Å². The highest BCUT2D eigenvalue weighted by atomic mass is 19.4. The summed E-state index contributed by atoms with van der Waals surface area (Å²) in [5, 5.41) is 2.51. The number of carbonyl (C=O) groups is 1. The summed E-state index contributed by atoms with van der Waals surface area (Å²) in [5.74, 6) is -0.378. The first-order chi connectivity index (χ1) is 14.6. The molecule has 1 aliphatic heterocycles. The Balaban J connectivity index is 2.02. The highest BCUT2D eigenvalue weighted by molar-refractivity contribution is 5.87. The fraction of sp³-hybridized carbons (Fsp3) is 0.560. The van der Waals surface area contributed by atoms with Gasteiger partial charge < -0.3 is 0 Å². The van der Waals surface area contributed by atoms with Crippen molar-refractivity contribution in [3.05, 3.63) is 47.5 Å². The lowest BCUT2D eigenvalue weighted by Crippen LogP contribution is -2.51. The maximum Gasteiger partial charge on any atom is 0.409 e. The zero-order valence-electron chi connectivity index (χ0n) is 18.7. The lowest BCUT2D eigenvalue weighted by atomic mass is 9.88. The van der Waals surface area contributed by atoms with E-state index in [2.05, 4.69) is 12.3 Å². The fourth-order valence-electron chi connectivity index (χ4n) is 4.63. The van der Waals surface area contributed by atoms with Gasteiger partial charge >= 0.3 is 6.18 Å². The molecule has 1 atom stereocenters. The Morgan fingerprint density at radius 2 is 1.71 bits per heavy atom. The molecule has 31 heavy (non-hydrogen) atoms. The van der Waals surface area contributed by atoms with Gasteiger partial charge in [-0.2, -0.15) is 18.2 Å². The monoisotopic (exact) mass is 434 g/mol. The van der Waals surface area contributed by atoms with Crippen LogP contribution in [0.5, 0.6) is 0 Å². The molecule has 1 heterocycles. The Labute approximate surface area is 183 Å². The minimum absolute atomic E-state index is 0.0388. The van der Waals surface area contributed by atoms with Crippen LogP contribution in [0.1, 0.15) is 82.9 Å². The summed E-state index contributed by atoms with van der Waals surface area (Å²) < 4.78 is 43.7. The number of amides is 1. The zero-order chi connectivity index (χ0) is 22.6. The molecular weight excluding hydrogens is 401 g/mol. The number of aryl methyl sites for hydroxylation is 1. The molecule has 2 aromatic rings. The number of benzene rings is 2. The van der Waals surface area contributed by atoms with Crippen LogP contribution >= 0.6 is 0 Å². The van der Waals surface area contributed by atoms with Crippen LogP contribution in [-0.4, -0.2) is 22.6 Å². The summed E-state index contributed by atoms with van der Waals surface area (Å²) in [6.07, 6.45) is 2.60. The van der Waals surface area contributed by atoms with E-state index in [-0.39, 0.29) is 17.9 Å². The van der Waals surface area contributed by atoms with E-state index < -0.39 is 17.8 Å². The maximum absolute atomic E-state index is 14.6. The molecule has 1 unspecified atom stereocenters. The lowest BCUT2D eigenvalue weighted by molar-refractivity contribution is -0.203. The molecule has 1 aliphatic rings. The van der Waals surface area contributed by atoms with Gasteiger partial charge in [0.2, 0.25) is 5.91 Å². The van der Waals surface area contributed by atoms with Crippen molar-refractivity contribution in [1.82, 2.24) is 10.4 Å². The van der Waals surface area contributed by atoms with E-state index in [1.165, 1.54) is 19.3 Å². The predicted molar refractivity (Wildman–Crippen MR) is 119 cm³/mol. The van der Waals surface area contributed by atoms with Crippen molar-refractivity contribution in [3.63, 3.8) is 0 Å². The average molecular weight is 435 g/mol. The minimum atomic E-state index is -4.53. The smallest absolute Gasteiger partial charge is 0.287 e. The molecule has 0 saturated carbocycles. The van der Waals surface area contributed by atoms with Crippen molar-refractivity contribution in [2.75, 3.05) is 0 Å². The van der Waals surface area contributed by atoms with Gasteiger partial charge in [0.05, 0.1) is 0 Å². The quantitative estimate of drug-likeness (QED) is 0.437. The van der Waals surface area contributed by atoms with Gasteiger partial charge in [0.25, 0.3) is 0 Å². The molecular formula is C25H33F3N2O. The Morgan fingerprint density at radius 1 is 1.03 bits per heavy atom. The molecule has 0 bridgehead atoms. The lowest BCUT2D eigenvalue weighted by Gasteiger charge is -2.39. The number of unbranched alkanes of at least 4 members (excludes halogenated alkanes) is 5. The normalized spacial score (nSPS) is 17.8. The van der Waals surface area contributed by atoms with Crippen LogP contribution in [0.2, 0.25) is 0 Å². The Morgan fingerprint density at radius 3 is 2.35 bits per heavy atom. The van der Waals surface area contributed by atoms with Crippen molar-refractivity contribution in [2.45, 2.75) is 89.9 Å². The molecule has 1 fully saturated rings. The number of rotatable bonds is 9.